The van der Waals surface area contributed by atoms with Crippen molar-refractivity contribution in [1.82, 2.24) is 9.55 Å². The fourth-order valence-corrected chi connectivity index (χ4v) is 3.09. The lowest BCUT2D eigenvalue weighted by molar-refractivity contribution is 0.0216. The van der Waals surface area contributed by atoms with Gasteiger partial charge in [0.2, 0.25) is 0 Å². The number of hydrogen-bond acceptors (Lipinski definition) is 2. The average Bonchev–Trinajstić information content (AvgIpc) is 2.82. The van der Waals surface area contributed by atoms with E-state index in [0.717, 1.165) is 19.3 Å². The first-order valence-corrected chi connectivity index (χ1v) is 6.70. The van der Waals surface area contributed by atoms with Gasteiger partial charge in [-0.1, -0.05) is 27.2 Å². The van der Waals surface area contributed by atoms with Crippen LogP contribution in [-0.2, 0) is 0 Å². The number of nitrogens with zero attached hydrogens (tertiary/aromatic N) is 2. The topological polar surface area (TPSA) is 38.0 Å². The molecule has 1 fully saturated rings. The third-order valence-corrected chi connectivity index (χ3v) is 4.61. The molecule has 2 rings (SSSR count). The van der Waals surface area contributed by atoms with E-state index in [1.165, 1.54) is 6.42 Å². The standard InChI is InChI=1S/C14H24N2O/c1-4-14(2,3)12-6-5-11(17)9-13(12)16-8-7-15-10-16/h7-8,10-13,17H,4-6,9H2,1-3H3. The SMILES string of the molecule is CCC(C)(C)C1CCC(O)CC1n1ccnc1. The van der Waals surface area contributed by atoms with Gasteiger partial charge in [0.15, 0.2) is 0 Å². The van der Waals surface area contributed by atoms with Gasteiger partial charge in [0.25, 0.3) is 0 Å². The van der Waals surface area contributed by atoms with E-state index in [4.69, 9.17) is 0 Å². The fraction of sp³-hybridized carbons (Fsp3) is 0.786. The van der Waals surface area contributed by atoms with Crippen molar-refractivity contribution >= 4 is 0 Å². The quantitative estimate of drug-likeness (QED) is 0.876. The lowest BCUT2D eigenvalue weighted by Crippen LogP contribution is -2.38. The Kier molecular flexibility index (Phi) is 3.57. The molecule has 0 aliphatic heterocycles. The van der Waals surface area contributed by atoms with Crippen LogP contribution in [0.4, 0.5) is 0 Å². The molecule has 1 N–H and O–H groups in total. The van der Waals surface area contributed by atoms with Crippen molar-refractivity contribution in [2.75, 3.05) is 0 Å². The van der Waals surface area contributed by atoms with Gasteiger partial charge in [0.1, 0.15) is 0 Å². The second-order valence-corrected chi connectivity index (χ2v) is 5.99. The molecule has 0 bridgehead atoms. The smallest absolute Gasteiger partial charge is 0.0948 e. The molecule has 96 valence electrons. The summed E-state index contributed by atoms with van der Waals surface area (Å²) < 4.78 is 2.18. The Labute approximate surface area is 104 Å². The molecule has 3 heteroatoms. The predicted octanol–water partition coefficient (Wildman–Crippen LogP) is 3.02. The summed E-state index contributed by atoms with van der Waals surface area (Å²) in [5, 5.41) is 9.90. The third kappa shape index (κ3) is 2.54. The van der Waals surface area contributed by atoms with E-state index < -0.39 is 0 Å². The first-order chi connectivity index (χ1) is 8.04. The summed E-state index contributed by atoms with van der Waals surface area (Å²) in [5.41, 5.74) is 0.328. The monoisotopic (exact) mass is 236 g/mol. The van der Waals surface area contributed by atoms with Crippen LogP contribution >= 0.6 is 0 Å². The van der Waals surface area contributed by atoms with Crippen molar-refractivity contribution in [3.05, 3.63) is 18.7 Å². The van der Waals surface area contributed by atoms with Crippen molar-refractivity contribution in [2.45, 2.75) is 58.6 Å². The van der Waals surface area contributed by atoms with Crippen LogP contribution in [0.3, 0.4) is 0 Å². The molecule has 17 heavy (non-hydrogen) atoms. The van der Waals surface area contributed by atoms with Crippen molar-refractivity contribution in [3.63, 3.8) is 0 Å². The van der Waals surface area contributed by atoms with Gasteiger partial charge in [0.05, 0.1) is 12.4 Å². The third-order valence-electron chi connectivity index (χ3n) is 4.61. The van der Waals surface area contributed by atoms with E-state index >= 15 is 0 Å². The highest BCUT2D eigenvalue weighted by molar-refractivity contribution is 4.94. The van der Waals surface area contributed by atoms with Crippen molar-refractivity contribution in [3.8, 4) is 0 Å². The highest BCUT2D eigenvalue weighted by Gasteiger charge is 2.39. The molecular formula is C14H24N2O. The summed E-state index contributed by atoms with van der Waals surface area (Å²) in [4.78, 5) is 4.15. The summed E-state index contributed by atoms with van der Waals surface area (Å²) in [6, 6.07) is 0.399. The Bertz CT molecular complexity index is 345. The molecule has 3 unspecified atom stereocenters. The number of hydrogen-bond donors (Lipinski definition) is 1. The number of aromatic nitrogens is 2. The van der Waals surface area contributed by atoms with Crippen molar-refractivity contribution in [2.24, 2.45) is 11.3 Å². The molecule has 3 nitrogen and oxygen atoms in total. The normalized spacial score (nSPS) is 30.5. The number of rotatable bonds is 3. The molecule has 1 saturated carbocycles. The Hall–Kier alpha value is -0.830. The number of imidazole rings is 1. The molecule has 0 amide bonds. The van der Waals surface area contributed by atoms with Crippen LogP contribution in [-0.4, -0.2) is 20.8 Å². The van der Waals surface area contributed by atoms with Crippen LogP contribution in [0.15, 0.2) is 18.7 Å². The Morgan fingerprint density at radius 3 is 2.76 bits per heavy atom. The summed E-state index contributed by atoms with van der Waals surface area (Å²) in [6.45, 7) is 6.95. The highest BCUT2D eigenvalue weighted by Crippen LogP contribution is 2.46. The number of aliphatic hydroxyl groups is 1. The maximum absolute atomic E-state index is 9.90. The molecule has 1 aromatic rings. The maximum Gasteiger partial charge on any atom is 0.0948 e. The van der Waals surface area contributed by atoms with Gasteiger partial charge in [0, 0.05) is 18.4 Å². The molecule has 1 aliphatic rings. The molecule has 3 atom stereocenters. The van der Waals surface area contributed by atoms with Crippen molar-refractivity contribution < 1.29 is 5.11 Å². The molecule has 1 heterocycles. The highest BCUT2D eigenvalue weighted by atomic mass is 16.3. The van der Waals surface area contributed by atoms with Gasteiger partial charge in [-0.2, -0.15) is 0 Å². The molecule has 0 aromatic carbocycles. The van der Waals surface area contributed by atoms with E-state index in [1.54, 1.807) is 0 Å². The second kappa shape index (κ2) is 4.81. The lowest BCUT2D eigenvalue weighted by Gasteiger charge is -2.44. The fourth-order valence-electron chi connectivity index (χ4n) is 3.09. The first kappa shape index (κ1) is 12.6. The van der Waals surface area contributed by atoms with Gasteiger partial charge in [-0.05, 0) is 30.6 Å². The minimum absolute atomic E-state index is 0.147. The largest absolute Gasteiger partial charge is 0.393 e. The molecule has 1 aromatic heterocycles. The van der Waals surface area contributed by atoms with Gasteiger partial charge in [-0.25, -0.2) is 4.98 Å². The minimum atomic E-state index is -0.147. The van der Waals surface area contributed by atoms with E-state index in [9.17, 15) is 5.11 Å². The number of aliphatic hydroxyl groups excluding tert-OH is 1. The maximum atomic E-state index is 9.90. The predicted molar refractivity (Wildman–Crippen MR) is 68.7 cm³/mol. The Balaban J connectivity index is 2.24. The molecular weight excluding hydrogens is 212 g/mol. The summed E-state index contributed by atoms with van der Waals surface area (Å²) >= 11 is 0. The lowest BCUT2D eigenvalue weighted by atomic mass is 9.66. The molecule has 0 saturated heterocycles. The van der Waals surface area contributed by atoms with Crippen molar-refractivity contribution in [1.29, 1.82) is 0 Å². The minimum Gasteiger partial charge on any atom is -0.393 e. The summed E-state index contributed by atoms with van der Waals surface area (Å²) in [7, 11) is 0. The Morgan fingerprint density at radius 2 is 2.18 bits per heavy atom. The molecule has 0 radical (unpaired) electrons. The zero-order valence-electron chi connectivity index (χ0n) is 11.1. The van der Waals surface area contributed by atoms with Crippen LogP contribution in [0, 0.1) is 11.3 Å². The second-order valence-electron chi connectivity index (χ2n) is 5.99. The van der Waals surface area contributed by atoms with Gasteiger partial charge < -0.3 is 9.67 Å². The first-order valence-electron chi connectivity index (χ1n) is 6.70. The van der Waals surface area contributed by atoms with Gasteiger partial charge >= 0.3 is 0 Å². The zero-order valence-corrected chi connectivity index (χ0v) is 11.1. The van der Waals surface area contributed by atoms with Crippen LogP contribution in [0.25, 0.3) is 0 Å². The summed E-state index contributed by atoms with van der Waals surface area (Å²) in [6.07, 6.45) is 9.71. The van der Waals surface area contributed by atoms with E-state index in [1.807, 2.05) is 18.7 Å². The van der Waals surface area contributed by atoms with E-state index in [0.29, 0.717) is 17.4 Å². The zero-order chi connectivity index (χ0) is 12.5. The van der Waals surface area contributed by atoms with Crippen LogP contribution in [0.1, 0.15) is 52.5 Å². The van der Waals surface area contributed by atoms with Gasteiger partial charge in [-0.3, -0.25) is 0 Å². The van der Waals surface area contributed by atoms with E-state index in [2.05, 4.69) is 30.3 Å². The van der Waals surface area contributed by atoms with Crippen LogP contribution in [0.2, 0.25) is 0 Å². The van der Waals surface area contributed by atoms with Crippen LogP contribution < -0.4 is 0 Å². The van der Waals surface area contributed by atoms with E-state index in [-0.39, 0.29) is 6.10 Å². The van der Waals surface area contributed by atoms with Gasteiger partial charge in [-0.15, -0.1) is 0 Å². The van der Waals surface area contributed by atoms with Crippen LogP contribution in [0.5, 0.6) is 0 Å². The Morgan fingerprint density at radius 1 is 1.41 bits per heavy atom. The molecule has 1 aliphatic carbocycles. The average molecular weight is 236 g/mol. The summed E-state index contributed by atoms with van der Waals surface area (Å²) in [5.74, 6) is 0.630. The molecule has 0 spiro atoms.